The molecule has 1 aromatic heterocycles. The maximum absolute atomic E-state index is 11.9. The van der Waals surface area contributed by atoms with Gasteiger partial charge in [-0.3, -0.25) is 9.36 Å². The number of carbonyl (C=O) groups excluding carboxylic acids is 1. The van der Waals surface area contributed by atoms with Crippen LogP contribution < -0.4 is 0 Å². The zero-order valence-corrected chi connectivity index (χ0v) is 10.2. The van der Waals surface area contributed by atoms with Crippen molar-refractivity contribution >= 4 is 22.8 Å². The van der Waals surface area contributed by atoms with E-state index >= 15 is 0 Å². The molecule has 0 amide bonds. The number of aliphatic carboxylic acids is 1. The number of aromatic nitrogens is 1. The van der Waals surface area contributed by atoms with E-state index < -0.39 is 5.97 Å². The molecular weight excluding hydrogens is 230 g/mol. The van der Waals surface area contributed by atoms with Gasteiger partial charge in [0.2, 0.25) is 0 Å². The van der Waals surface area contributed by atoms with Crippen LogP contribution >= 0.6 is 0 Å². The maximum Gasteiger partial charge on any atom is 0.328 e. The molecule has 0 fully saturated rings. The summed E-state index contributed by atoms with van der Waals surface area (Å²) in [6.45, 7) is 3.93. The highest BCUT2D eigenvalue weighted by atomic mass is 16.4. The van der Waals surface area contributed by atoms with Crippen molar-refractivity contribution in [2.75, 3.05) is 0 Å². The number of carboxylic acids is 1. The molecule has 4 nitrogen and oxygen atoms in total. The molecule has 4 heteroatoms. The van der Waals surface area contributed by atoms with E-state index in [1.807, 2.05) is 32.0 Å². The Labute approximate surface area is 104 Å². The van der Waals surface area contributed by atoms with Gasteiger partial charge in [-0.15, -0.1) is 0 Å². The molecule has 92 valence electrons. The topological polar surface area (TPSA) is 59.3 Å². The van der Waals surface area contributed by atoms with Crippen LogP contribution in [0.15, 0.2) is 36.5 Å². The number of hydrogen-bond acceptors (Lipinski definition) is 2. The molecule has 1 N–H and O–H groups in total. The van der Waals surface area contributed by atoms with Crippen LogP contribution in [0.3, 0.4) is 0 Å². The van der Waals surface area contributed by atoms with Gasteiger partial charge < -0.3 is 5.11 Å². The molecule has 0 unspecified atom stereocenters. The molecule has 0 atom stereocenters. The number of rotatable bonds is 2. The average Bonchev–Trinajstić information content (AvgIpc) is 2.69. The highest BCUT2D eigenvalue weighted by Gasteiger charge is 2.09. The Morgan fingerprint density at radius 1 is 1.22 bits per heavy atom. The Hall–Kier alpha value is -2.36. The van der Waals surface area contributed by atoms with Crippen molar-refractivity contribution in [3.05, 3.63) is 47.7 Å². The fourth-order valence-corrected chi connectivity index (χ4v) is 2.08. The summed E-state index contributed by atoms with van der Waals surface area (Å²) in [4.78, 5) is 22.3. The monoisotopic (exact) mass is 243 g/mol. The largest absolute Gasteiger partial charge is 0.478 e. The van der Waals surface area contributed by atoms with E-state index in [4.69, 9.17) is 5.11 Å². The van der Waals surface area contributed by atoms with E-state index in [1.54, 1.807) is 6.20 Å². The Balaban J connectivity index is 2.53. The van der Waals surface area contributed by atoms with Crippen molar-refractivity contribution in [1.29, 1.82) is 0 Å². The van der Waals surface area contributed by atoms with Crippen LogP contribution in [0.5, 0.6) is 0 Å². The summed E-state index contributed by atoms with van der Waals surface area (Å²) in [6, 6.07) is 5.84. The second-order valence-corrected chi connectivity index (χ2v) is 4.22. The van der Waals surface area contributed by atoms with E-state index in [0.717, 1.165) is 34.2 Å². The highest BCUT2D eigenvalue weighted by Crippen LogP contribution is 2.21. The standard InChI is InChI=1S/C14H13NO3/c1-9-7-10(2)14-11(8-9)5-6-15(14)12(16)3-4-13(17)18/h3-8H,1-2H3,(H,17,18)/b4-3+. The van der Waals surface area contributed by atoms with E-state index in [-0.39, 0.29) is 5.91 Å². The second-order valence-electron chi connectivity index (χ2n) is 4.22. The van der Waals surface area contributed by atoms with Crippen molar-refractivity contribution in [2.45, 2.75) is 13.8 Å². The molecule has 1 heterocycles. The summed E-state index contributed by atoms with van der Waals surface area (Å²) >= 11 is 0. The van der Waals surface area contributed by atoms with Crippen LogP contribution in [0, 0.1) is 13.8 Å². The molecule has 0 spiro atoms. The number of nitrogens with zero attached hydrogens (tertiary/aromatic N) is 1. The van der Waals surface area contributed by atoms with Crippen LogP contribution in [0.25, 0.3) is 10.9 Å². The first-order valence-corrected chi connectivity index (χ1v) is 5.52. The van der Waals surface area contributed by atoms with E-state index in [1.165, 1.54) is 4.57 Å². The number of aryl methyl sites for hydroxylation is 2. The predicted molar refractivity (Wildman–Crippen MR) is 68.8 cm³/mol. The fourth-order valence-electron chi connectivity index (χ4n) is 2.08. The lowest BCUT2D eigenvalue weighted by atomic mass is 10.1. The van der Waals surface area contributed by atoms with Crippen molar-refractivity contribution in [3.63, 3.8) is 0 Å². The summed E-state index contributed by atoms with van der Waals surface area (Å²) in [5.74, 6) is -1.49. The third kappa shape index (κ3) is 2.18. The summed E-state index contributed by atoms with van der Waals surface area (Å²) in [6.07, 6.45) is 3.56. The average molecular weight is 243 g/mol. The Morgan fingerprint density at radius 3 is 2.61 bits per heavy atom. The van der Waals surface area contributed by atoms with E-state index in [0.29, 0.717) is 0 Å². The minimum absolute atomic E-state index is 0.362. The highest BCUT2D eigenvalue weighted by molar-refractivity contribution is 6.01. The maximum atomic E-state index is 11.9. The summed E-state index contributed by atoms with van der Waals surface area (Å²) in [5, 5.41) is 9.49. The summed E-state index contributed by atoms with van der Waals surface area (Å²) < 4.78 is 1.46. The van der Waals surface area contributed by atoms with Crippen LogP contribution in [0.2, 0.25) is 0 Å². The molecule has 18 heavy (non-hydrogen) atoms. The molecule has 0 bridgehead atoms. The zero-order valence-electron chi connectivity index (χ0n) is 10.2. The smallest absolute Gasteiger partial charge is 0.328 e. The van der Waals surface area contributed by atoms with E-state index in [9.17, 15) is 9.59 Å². The Kier molecular flexibility index (Phi) is 3.02. The third-order valence-corrected chi connectivity index (χ3v) is 2.72. The quantitative estimate of drug-likeness (QED) is 0.824. The molecule has 0 aliphatic carbocycles. The van der Waals surface area contributed by atoms with Gasteiger partial charge in [-0.25, -0.2) is 4.79 Å². The van der Waals surface area contributed by atoms with Gasteiger partial charge in [-0.05, 0) is 31.5 Å². The number of hydrogen-bond donors (Lipinski definition) is 1. The number of carbonyl (C=O) groups is 2. The molecule has 0 saturated heterocycles. The number of fused-ring (bicyclic) bond motifs is 1. The first-order valence-electron chi connectivity index (χ1n) is 5.52. The summed E-state index contributed by atoms with van der Waals surface area (Å²) in [7, 11) is 0. The van der Waals surface area contributed by atoms with Crippen LogP contribution in [-0.4, -0.2) is 21.6 Å². The second kappa shape index (κ2) is 4.49. The van der Waals surface area contributed by atoms with Gasteiger partial charge in [0.05, 0.1) is 5.52 Å². The first kappa shape index (κ1) is 12.1. The van der Waals surface area contributed by atoms with Crippen molar-refractivity contribution in [2.24, 2.45) is 0 Å². The minimum Gasteiger partial charge on any atom is -0.478 e. The van der Waals surface area contributed by atoms with Crippen molar-refractivity contribution < 1.29 is 14.7 Å². The molecular formula is C14H13NO3. The molecule has 0 radical (unpaired) electrons. The number of carboxylic acid groups (broad SMARTS) is 1. The minimum atomic E-state index is -1.13. The Bertz CT molecular complexity index is 665. The van der Waals surface area contributed by atoms with Crippen LogP contribution in [-0.2, 0) is 4.79 Å². The van der Waals surface area contributed by atoms with Gasteiger partial charge in [0.1, 0.15) is 0 Å². The molecule has 0 aliphatic heterocycles. The molecule has 0 saturated carbocycles. The number of allylic oxidation sites excluding steroid dienone is 1. The van der Waals surface area contributed by atoms with Gasteiger partial charge in [0.25, 0.3) is 5.91 Å². The van der Waals surface area contributed by atoms with Crippen LogP contribution in [0.4, 0.5) is 0 Å². The molecule has 1 aromatic carbocycles. The predicted octanol–water partition coefficient (Wildman–Crippen LogP) is 2.54. The van der Waals surface area contributed by atoms with Crippen molar-refractivity contribution in [1.82, 2.24) is 4.57 Å². The van der Waals surface area contributed by atoms with Gasteiger partial charge in [-0.2, -0.15) is 0 Å². The molecule has 2 aromatic rings. The fraction of sp³-hybridized carbons (Fsp3) is 0.143. The number of benzene rings is 1. The summed E-state index contributed by atoms with van der Waals surface area (Å²) in [5.41, 5.74) is 2.94. The lowest BCUT2D eigenvalue weighted by Crippen LogP contribution is -2.07. The van der Waals surface area contributed by atoms with Crippen LogP contribution in [0.1, 0.15) is 15.9 Å². The van der Waals surface area contributed by atoms with Crippen molar-refractivity contribution in [3.8, 4) is 0 Å². The normalized spacial score (nSPS) is 11.2. The lowest BCUT2D eigenvalue weighted by molar-refractivity contribution is -0.131. The molecule has 2 rings (SSSR count). The van der Waals surface area contributed by atoms with E-state index in [2.05, 4.69) is 0 Å². The van der Waals surface area contributed by atoms with Gasteiger partial charge in [-0.1, -0.05) is 11.6 Å². The zero-order chi connectivity index (χ0) is 13.3. The SMILES string of the molecule is Cc1cc(C)c2c(ccn2C(=O)/C=C/C(=O)O)c1. The Morgan fingerprint density at radius 2 is 1.94 bits per heavy atom. The van der Waals surface area contributed by atoms with Gasteiger partial charge in [0, 0.05) is 23.7 Å². The van der Waals surface area contributed by atoms with Gasteiger partial charge >= 0.3 is 5.97 Å². The molecule has 0 aliphatic rings. The first-order chi connectivity index (χ1) is 8.49. The third-order valence-electron chi connectivity index (χ3n) is 2.72. The van der Waals surface area contributed by atoms with Gasteiger partial charge in [0.15, 0.2) is 0 Å². The lowest BCUT2D eigenvalue weighted by Gasteiger charge is -2.04.